The molecule has 1 aliphatic carbocycles. The summed E-state index contributed by atoms with van der Waals surface area (Å²) >= 11 is 0. The molecule has 0 atom stereocenters. The molecule has 3 aromatic rings. The van der Waals surface area contributed by atoms with E-state index in [-0.39, 0.29) is 5.54 Å². The van der Waals surface area contributed by atoms with Gasteiger partial charge in [-0.1, -0.05) is 53.7 Å². The number of hydrogen-bond acceptors (Lipinski definition) is 5. The zero-order valence-corrected chi connectivity index (χ0v) is 14.0. The van der Waals surface area contributed by atoms with Crippen LogP contribution in [0.5, 0.6) is 5.75 Å². The summed E-state index contributed by atoms with van der Waals surface area (Å²) in [5.41, 5.74) is 8.05. The van der Waals surface area contributed by atoms with Crippen molar-refractivity contribution < 1.29 is 9.26 Å². The summed E-state index contributed by atoms with van der Waals surface area (Å²) in [6.45, 7) is 0.475. The van der Waals surface area contributed by atoms with Crippen LogP contribution < -0.4 is 10.5 Å². The van der Waals surface area contributed by atoms with Crippen LogP contribution in [0, 0.1) is 0 Å². The van der Waals surface area contributed by atoms with Crippen LogP contribution in [0.2, 0.25) is 0 Å². The van der Waals surface area contributed by atoms with Crippen molar-refractivity contribution in [2.75, 3.05) is 6.61 Å². The van der Waals surface area contributed by atoms with E-state index in [1.165, 1.54) is 0 Å². The SMILES string of the molecule is NC1(c2noc(CCOc3ccccc3-c3ccccc3)n2)CCC1. The molecular formula is C20H21N3O2. The smallest absolute Gasteiger partial charge is 0.230 e. The van der Waals surface area contributed by atoms with E-state index >= 15 is 0 Å². The van der Waals surface area contributed by atoms with Crippen molar-refractivity contribution in [1.82, 2.24) is 10.1 Å². The Morgan fingerprint density at radius 3 is 2.56 bits per heavy atom. The molecular weight excluding hydrogens is 314 g/mol. The third-order valence-electron chi connectivity index (χ3n) is 4.70. The molecule has 5 nitrogen and oxygen atoms in total. The lowest BCUT2D eigenvalue weighted by Crippen LogP contribution is -2.44. The molecule has 1 aromatic heterocycles. The van der Waals surface area contributed by atoms with Gasteiger partial charge in [0.25, 0.3) is 0 Å². The fourth-order valence-electron chi connectivity index (χ4n) is 3.04. The Morgan fingerprint density at radius 2 is 1.80 bits per heavy atom. The van der Waals surface area contributed by atoms with Crippen molar-refractivity contribution in [3.8, 4) is 16.9 Å². The first kappa shape index (κ1) is 15.8. The number of rotatable bonds is 6. The molecule has 2 aromatic carbocycles. The van der Waals surface area contributed by atoms with E-state index in [0.29, 0.717) is 24.7 Å². The highest BCUT2D eigenvalue weighted by Gasteiger charge is 2.38. The lowest BCUT2D eigenvalue weighted by Gasteiger charge is -2.34. The minimum Gasteiger partial charge on any atom is -0.492 e. The van der Waals surface area contributed by atoms with Gasteiger partial charge in [-0.3, -0.25) is 0 Å². The van der Waals surface area contributed by atoms with Gasteiger partial charge >= 0.3 is 0 Å². The molecule has 4 rings (SSSR count). The normalized spacial score (nSPS) is 15.6. The maximum atomic E-state index is 6.23. The monoisotopic (exact) mass is 335 g/mol. The average Bonchev–Trinajstić information content (AvgIpc) is 3.10. The van der Waals surface area contributed by atoms with Crippen molar-refractivity contribution in [1.29, 1.82) is 0 Å². The minimum absolute atomic E-state index is 0.386. The van der Waals surface area contributed by atoms with Crippen molar-refractivity contribution in [3.63, 3.8) is 0 Å². The Labute approximate surface area is 146 Å². The average molecular weight is 335 g/mol. The van der Waals surface area contributed by atoms with E-state index in [2.05, 4.69) is 28.3 Å². The first-order valence-corrected chi connectivity index (χ1v) is 8.64. The van der Waals surface area contributed by atoms with Gasteiger partial charge < -0.3 is 15.0 Å². The highest BCUT2D eigenvalue weighted by Crippen LogP contribution is 2.37. The Hall–Kier alpha value is -2.66. The van der Waals surface area contributed by atoms with Crippen molar-refractivity contribution in [2.45, 2.75) is 31.2 Å². The topological polar surface area (TPSA) is 74.2 Å². The zero-order valence-electron chi connectivity index (χ0n) is 14.0. The lowest BCUT2D eigenvalue weighted by molar-refractivity contribution is 0.228. The van der Waals surface area contributed by atoms with Gasteiger partial charge in [0.05, 0.1) is 18.6 Å². The quantitative estimate of drug-likeness (QED) is 0.743. The summed E-state index contributed by atoms with van der Waals surface area (Å²) in [5, 5.41) is 4.03. The van der Waals surface area contributed by atoms with Crippen LogP contribution in [0.25, 0.3) is 11.1 Å². The fraction of sp³-hybridized carbons (Fsp3) is 0.300. The third kappa shape index (κ3) is 3.28. The van der Waals surface area contributed by atoms with Gasteiger partial charge in [-0.25, -0.2) is 0 Å². The second kappa shape index (κ2) is 6.69. The molecule has 0 amide bonds. The molecule has 0 spiro atoms. The van der Waals surface area contributed by atoms with E-state index in [1.807, 2.05) is 36.4 Å². The molecule has 5 heteroatoms. The van der Waals surface area contributed by atoms with Crippen LogP contribution in [-0.4, -0.2) is 16.7 Å². The van der Waals surface area contributed by atoms with E-state index in [0.717, 1.165) is 36.1 Å². The van der Waals surface area contributed by atoms with Crippen LogP contribution in [-0.2, 0) is 12.0 Å². The minimum atomic E-state index is -0.386. The molecule has 0 bridgehead atoms. The van der Waals surface area contributed by atoms with Crippen LogP contribution in [0.1, 0.15) is 31.0 Å². The number of ether oxygens (including phenoxy) is 1. The predicted octanol–water partition coefficient (Wildman–Crippen LogP) is 3.70. The second-order valence-corrected chi connectivity index (χ2v) is 6.48. The molecule has 0 radical (unpaired) electrons. The molecule has 0 aliphatic heterocycles. The summed E-state index contributed by atoms with van der Waals surface area (Å²) in [5.74, 6) is 2.05. The first-order valence-electron chi connectivity index (χ1n) is 8.64. The Kier molecular flexibility index (Phi) is 4.24. The van der Waals surface area contributed by atoms with Gasteiger partial charge in [0.1, 0.15) is 5.75 Å². The number of nitrogens with two attached hydrogens (primary N) is 1. The Morgan fingerprint density at radius 1 is 1.04 bits per heavy atom. The van der Waals surface area contributed by atoms with Gasteiger partial charge in [-0.2, -0.15) is 4.98 Å². The van der Waals surface area contributed by atoms with Gasteiger partial charge in [0.2, 0.25) is 5.89 Å². The summed E-state index contributed by atoms with van der Waals surface area (Å²) in [4.78, 5) is 4.43. The number of nitrogens with zero attached hydrogens (tertiary/aromatic N) is 2. The van der Waals surface area contributed by atoms with Crippen molar-refractivity contribution in [3.05, 3.63) is 66.3 Å². The van der Waals surface area contributed by atoms with Crippen LogP contribution >= 0.6 is 0 Å². The number of aromatic nitrogens is 2. The number of hydrogen-bond donors (Lipinski definition) is 1. The Balaban J connectivity index is 1.41. The molecule has 0 unspecified atom stereocenters. The zero-order chi connectivity index (χ0) is 17.1. The predicted molar refractivity (Wildman–Crippen MR) is 95.1 cm³/mol. The summed E-state index contributed by atoms with van der Waals surface area (Å²) < 4.78 is 11.3. The number of benzene rings is 2. The largest absolute Gasteiger partial charge is 0.492 e. The maximum absolute atomic E-state index is 6.23. The molecule has 128 valence electrons. The molecule has 0 saturated heterocycles. The fourth-order valence-corrected chi connectivity index (χ4v) is 3.04. The molecule has 25 heavy (non-hydrogen) atoms. The molecule has 2 N–H and O–H groups in total. The van der Waals surface area contributed by atoms with Crippen molar-refractivity contribution >= 4 is 0 Å². The third-order valence-corrected chi connectivity index (χ3v) is 4.70. The second-order valence-electron chi connectivity index (χ2n) is 6.48. The molecule has 1 saturated carbocycles. The standard InChI is InChI=1S/C20H21N3O2/c21-20(12-6-13-20)19-22-18(25-23-19)11-14-24-17-10-5-4-9-16(17)15-7-2-1-3-8-15/h1-5,7-10H,6,11-14,21H2. The van der Waals surface area contributed by atoms with Crippen LogP contribution in [0.15, 0.2) is 59.1 Å². The van der Waals surface area contributed by atoms with Gasteiger partial charge in [-0.05, 0) is 30.9 Å². The molecule has 1 aliphatic rings. The molecule has 1 heterocycles. The van der Waals surface area contributed by atoms with Crippen LogP contribution in [0.4, 0.5) is 0 Å². The highest BCUT2D eigenvalue weighted by atomic mass is 16.5. The van der Waals surface area contributed by atoms with E-state index in [4.69, 9.17) is 15.0 Å². The Bertz CT molecular complexity index is 841. The van der Waals surface area contributed by atoms with Crippen LogP contribution in [0.3, 0.4) is 0 Å². The first-order chi connectivity index (χ1) is 12.2. The van der Waals surface area contributed by atoms with E-state index in [9.17, 15) is 0 Å². The van der Waals surface area contributed by atoms with E-state index < -0.39 is 0 Å². The van der Waals surface area contributed by atoms with E-state index in [1.54, 1.807) is 0 Å². The maximum Gasteiger partial charge on any atom is 0.230 e. The number of para-hydroxylation sites is 1. The summed E-state index contributed by atoms with van der Waals surface area (Å²) in [6, 6.07) is 18.2. The van der Waals surface area contributed by atoms with Gasteiger partial charge in [-0.15, -0.1) is 0 Å². The van der Waals surface area contributed by atoms with Gasteiger partial charge in [0.15, 0.2) is 5.82 Å². The molecule has 1 fully saturated rings. The lowest BCUT2D eigenvalue weighted by atomic mass is 9.77. The van der Waals surface area contributed by atoms with Gasteiger partial charge in [0, 0.05) is 5.56 Å². The van der Waals surface area contributed by atoms with Crippen molar-refractivity contribution in [2.24, 2.45) is 5.73 Å². The summed E-state index contributed by atoms with van der Waals surface area (Å²) in [6.07, 6.45) is 3.53. The highest BCUT2D eigenvalue weighted by molar-refractivity contribution is 5.70. The summed E-state index contributed by atoms with van der Waals surface area (Å²) in [7, 11) is 0.